The van der Waals surface area contributed by atoms with Gasteiger partial charge in [-0.15, -0.1) is 0 Å². The molecule has 0 fully saturated rings. The first-order valence-corrected chi connectivity index (χ1v) is 7.20. The summed E-state index contributed by atoms with van der Waals surface area (Å²) in [6.45, 7) is 0. The molecule has 0 saturated heterocycles. The third-order valence-corrected chi connectivity index (χ3v) is 3.75. The van der Waals surface area contributed by atoms with Crippen molar-refractivity contribution in [3.8, 4) is 0 Å². The molecule has 23 heavy (non-hydrogen) atoms. The number of amides is 1. The summed E-state index contributed by atoms with van der Waals surface area (Å²) in [6, 6.07) is 11.6. The predicted molar refractivity (Wildman–Crippen MR) is 88.7 cm³/mol. The van der Waals surface area contributed by atoms with Crippen LogP contribution in [0.25, 0.3) is 10.9 Å². The zero-order chi connectivity index (χ0) is 16.4. The lowest BCUT2D eigenvalue weighted by atomic mass is 10.1. The number of non-ortho nitro benzene ring substituents is 1. The van der Waals surface area contributed by atoms with Gasteiger partial charge in [-0.25, -0.2) is 0 Å². The molecule has 0 radical (unpaired) electrons. The van der Waals surface area contributed by atoms with Crippen LogP contribution in [0.2, 0.25) is 5.02 Å². The number of nitro groups is 1. The zero-order valence-corrected chi connectivity index (χ0v) is 12.6. The molecule has 116 valence electrons. The highest BCUT2D eigenvalue weighted by molar-refractivity contribution is 6.33. The molecule has 0 atom stereocenters. The SMILES string of the molecule is O=C(Cc1ccc2cc[nH]c2c1)Nc1cc([N+](=O)[O-])ccc1Cl. The molecular formula is C16H12ClN3O3. The molecule has 1 amide bonds. The van der Waals surface area contributed by atoms with Crippen LogP contribution in [-0.4, -0.2) is 15.8 Å². The van der Waals surface area contributed by atoms with Crippen molar-refractivity contribution in [3.63, 3.8) is 0 Å². The third-order valence-electron chi connectivity index (χ3n) is 3.42. The molecule has 0 aliphatic heterocycles. The van der Waals surface area contributed by atoms with E-state index in [1.807, 2.05) is 30.5 Å². The van der Waals surface area contributed by atoms with Crippen LogP contribution in [0.1, 0.15) is 5.56 Å². The summed E-state index contributed by atoms with van der Waals surface area (Å²) in [7, 11) is 0. The Morgan fingerprint density at radius 2 is 2.04 bits per heavy atom. The minimum atomic E-state index is -0.537. The molecule has 6 nitrogen and oxygen atoms in total. The molecule has 3 aromatic rings. The number of nitrogens with one attached hydrogen (secondary N) is 2. The number of aromatic nitrogens is 1. The number of carbonyl (C=O) groups is 1. The van der Waals surface area contributed by atoms with Gasteiger partial charge in [0, 0.05) is 23.8 Å². The molecule has 2 aromatic carbocycles. The summed E-state index contributed by atoms with van der Waals surface area (Å²) in [5, 5.41) is 14.7. The maximum absolute atomic E-state index is 12.1. The molecule has 0 bridgehead atoms. The predicted octanol–water partition coefficient (Wildman–Crippen LogP) is 3.91. The molecule has 1 heterocycles. The van der Waals surface area contributed by atoms with Crippen LogP contribution in [0.4, 0.5) is 11.4 Å². The van der Waals surface area contributed by atoms with Crippen LogP contribution >= 0.6 is 11.6 Å². The van der Waals surface area contributed by atoms with Crippen molar-refractivity contribution in [1.29, 1.82) is 0 Å². The van der Waals surface area contributed by atoms with Crippen molar-refractivity contribution >= 4 is 39.8 Å². The number of nitro benzene ring substituents is 1. The monoisotopic (exact) mass is 329 g/mol. The molecule has 0 unspecified atom stereocenters. The van der Waals surface area contributed by atoms with E-state index in [2.05, 4.69) is 10.3 Å². The van der Waals surface area contributed by atoms with E-state index in [1.54, 1.807) is 0 Å². The van der Waals surface area contributed by atoms with Crippen LogP contribution in [0.3, 0.4) is 0 Å². The first kappa shape index (κ1) is 15.1. The van der Waals surface area contributed by atoms with Crippen LogP contribution in [0, 0.1) is 10.1 Å². The van der Waals surface area contributed by atoms with Gasteiger partial charge in [0.1, 0.15) is 0 Å². The first-order valence-electron chi connectivity index (χ1n) is 6.83. The van der Waals surface area contributed by atoms with Crippen molar-refractivity contribution in [2.24, 2.45) is 0 Å². The van der Waals surface area contributed by atoms with Gasteiger partial charge in [0.15, 0.2) is 0 Å². The minimum absolute atomic E-state index is 0.127. The molecule has 2 N–H and O–H groups in total. The van der Waals surface area contributed by atoms with Gasteiger partial charge in [-0.2, -0.15) is 0 Å². The lowest BCUT2D eigenvalue weighted by Crippen LogP contribution is -2.14. The second kappa shape index (κ2) is 6.10. The van der Waals surface area contributed by atoms with E-state index in [4.69, 9.17) is 11.6 Å². The lowest BCUT2D eigenvalue weighted by Gasteiger charge is -2.07. The molecule has 0 aliphatic rings. The topological polar surface area (TPSA) is 88.0 Å². The summed E-state index contributed by atoms with van der Waals surface area (Å²) in [4.78, 5) is 25.5. The quantitative estimate of drug-likeness (QED) is 0.562. The number of anilines is 1. The molecule has 7 heteroatoms. The maximum Gasteiger partial charge on any atom is 0.271 e. The van der Waals surface area contributed by atoms with Crippen molar-refractivity contribution in [2.75, 3.05) is 5.32 Å². The smallest absolute Gasteiger partial charge is 0.271 e. The van der Waals surface area contributed by atoms with Crippen LogP contribution < -0.4 is 5.32 Å². The Labute approximate surface area is 136 Å². The fraction of sp³-hybridized carbons (Fsp3) is 0.0625. The van der Waals surface area contributed by atoms with Crippen LogP contribution in [0.5, 0.6) is 0 Å². The standard InChI is InChI=1S/C16H12ClN3O3/c17-13-4-3-12(20(22)23)9-15(13)19-16(21)8-10-1-2-11-5-6-18-14(11)7-10/h1-7,9,18H,8H2,(H,19,21). The number of fused-ring (bicyclic) bond motifs is 1. The number of hydrogen-bond donors (Lipinski definition) is 2. The van der Waals surface area contributed by atoms with Crippen molar-refractivity contribution < 1.29 is 9.72 Å². The number of nitrogens with zero attached hydrogens (tertiary/aromatic N) is 1. The van der Waals surface area contributed by atoms with Crippen LogP contribution in [0.15, 0.2) is 48.7 Å². The Hall–Kier alpha value is -2.86. The van der Waals surface area contributed by atoms with Gasteiger partial charge in [-0.3, -0.25) is 14.9 Å². The summed E-state index contributed by atoms with van der Waals surface area (Å²) in [5.74, 6) is -0.293. The van der Waals surface area contributed by atoms with E-state index in [-0.39, 0.29) is 28.7 Å². The number of H-pyrrole nitrogens is 1. The largest absolute Gasteiger partial charge is 0.361 e. The van der Waals surface area contributed by atoms with Gasteiger partial charge in [-0.05, 0) is 29.1 Å². The van der Waals surface area contributed by atoms with E-state index >= 15 is 0 Å². The van der Waals surface area contributed by atoms with Crippen LogP contribution in [-0.2, 0) is 11.2 Å². The van der Waals surface area contributed by atoms with Gasteiger partial charge in [0.05, 0.1) is 22.1 Å². The summed E-state index contributed by atoms with van der Waals surface area (Å²) in [6.07, 6.45) is 1.98. The van der Waals surface area contributed by atoms with Crippen molar-refractivity contribution in [2.45, 2.75) is 6.42 Å². The van der Waals surface area contributed by atoms with Crippen molar-refractivity contribution in [3.05, 3.63) is 69.4 Å². The molecule has 0 spiro atoms. The Balaban J connectivity index is 1.76. The average Bonchev–Trinajstić information content (AvgIpc) is 2.96. The number of rotatable bonds is 4. The normalized spacial score (nSPS) is 10.7. The van der Waals surface area contributed by atoms with Gasteiger partial charge in [-0.1, -0.05) is 23.7 Å². The number of hydrogen-bond acceptors (Lipinski definition) is 3. The lowest BCUT2D eigenvalue weighted by molar-refractivity contribution is -0.384. The van der Waals surface area contributed by atoms with E-state index in [1.165, 1.54) is 18.2 Å². The maximum atomic E-state index is 12.1. The highest BCUT2D eigenvalue weighted by atomic mass is 35.5. The Kier molecular flexibility index (Phi) is 3.99. The second-order valence-corrected chi connectivity index (χ2v) is 5.45. The fourth-order valence-corrected chi connectivity index (χ4v) is 2.47. The second-order valence-electron chi connectivity index (χ2n) is 5.05. The molecule has 0 aliphatic carbocycles. The van der Waals surface area contributed by atoms with E-state index in [0.29, 0.717) is 0 Å². The van der Waals surface area contributed by atoms with E-state index in [0.717, 1.165) is 16.5 Å². The zero-order valence-electron chi connectivity index (χ0n) is 11.9. The summed E-state index contributed by atoms with van der Waals surface area (Å²) in [5.41, 5.74) is 1.88. The molecule has 3 rings (SSSR count). The van der Waals surface area contributed by atoms with E-state index in [9.17, 15) is 14.9 Å². The Morgan fingerprint density at radius 3 is 2.83 bits per heavy atom. The van der Waals surface area contributed by atoms with Gasteiger partial charge in [0.2, 0.25) is 5.91 Å². The summed E-state index contributed by atoms with van der Waals surface area (Å²) < 4.78 is 0. The fourth-order valence-electron chi connectivity index (χ4n) is 2.31. The first-order chi connectivity index (χ1) is 11.0. The number of aromatic amines is 1. The van der Waals surface area contributed by atoms with Gasteiger partial charge >= 0.3 is 0 Å². The van der Waals surface area contributed by atoms with Crippen molar-refractivity contribution in [1.82, 2.24) is 4.98 Å². The Morgan fingerprint density at radius 1 is 1.22 bits per heavy atom. The highest BCUT2D eigenvalue weighted by Crippen LogP contribution is 2.27. The van der Waals surface area contributed by atoms with Gasteiger partial charge < -0.3 is 10.3 Å². The Bertz CT molecular complexity index is 904. The highest BCUT2D eigenvalue weighted by Gasteiger charge is 2.12. The molecular weight excluding hydrogens is 318 g/mol. The molecule has 1 aromatic heterocycles. The summed E-state index contributed by atoms with van der Waals surface area (Å²) >= 11 is 5.97. The minimum Gasteiger partial charge on any atom is -0.361 e. The molecule has 0 saturated carbocycles. The average molecular weight is 330 g/mol. The van der Waals surface area contributed by atoms with Gasteiger partial charge in [0.25, 0.3) is 5.69 Å². The number of carbonyl (C=O) groups excluding carboxylic acids is 1. The third kappa shape index (κ3) is 3.32. The van der Waals surface area contributed by atoms with E-state index < -0.39 is 4.92 Å². The number of halogens is 1. The number of benzene rings is 2.